The van der Waals surface area contributed by atoms with Gasteiger partial charge in [-0.1, -0.05) is 0 Å². The predicted molar refractivity (Wildman–Crippen MR) is 67.1 cm³/mol. The number of nitrogens with two attached hydrogens (primary N) is 1. The van der Waals surface area contributed by atoms with Crippen LogP contribution in [0.2, 0.25) is 0 Å². The Morgan fingerprint density at radius 3 is 2.17 bits per heavy atom. The SMILES string of the molecule is CCOC(=O)C(C)(C(=O)OCC)c1csc(N)n1. The quantitative estimate of drug-likeness (QED) is 0.637. The Morgan fingerprint density at radius 1 is 1.33 bits per heavy atom. The molecule has 0 aromatic carbocycles. The number of carbonyl (C=O) groups excluding carboxylic acids is 2. The molecule has 0 amide bonds. The lowest BCUT2D eigenvalue weighted by molar-refractivity contribution is -0.164. The van der Waals surface area contributed by atoms with Crippen molar-refractivity contribution in [3.63, 3.8) is 0 Å². The zero-order valence-corrected chi connectivity index (χ0v) is 11.4. The van der Waals surface area contributed by atoms with Crippen LogP contribution in [0.4, 0.5) is 5.13 Å². The lowest BCUT2D eigenvalue weighted by Crippen LogP contribution is -2.44. The summed E-state index contributed by atoms with van der Waals surface area (Å²) >= 11 is 1.15. The third kappa shape index (κ3) is 2.61. The monoisotopic (exact) mass is 272 g/mol. The second kappa shape index (κ2) is 5.81. The maximum absolute atomic E-state index is 12.0. The number of anilines is 1. The van der Waals surface area contributed by atoms with Gasteiger partial charge < -0.3 is 15.2 Å². The van der Waals surface area contributed by atoms with E-state index in [2.05, 4.69) is 4.98 Å². The van der Waals surface area contributed by atoms with Crippen LogP contribution < -0.4 is 5.73 Å². The van der Waals surface area contributed by atoms with Crippen LogP contribution in [0.15, 0.2) is 5.38 Å². The highest BCUT2D eigenvalue weighted by Gasteiger charge is 2.48. The van der Waals surface area contributed by atoms with Gasteiger partial charge in [0.1, 0.15) is 0 Å². The van der Waals surface area contributed by atoms with Gasteiger partial charge in [-0.2, -0.15) is 0 Å². The van der Waals surface area contributed by atoms with E-state index in [-0.39, 0.29) is 24.0 Å². The highest BCUT2D eigenvalue weighted by molar-refractivity contribution is 7.13. The minimum Gasteiger partial charge on any atom is -0.465 e. The van der Waals surface area contributed by atoms with Crippen molar-refractivity contribution in [1.29, 1.82) is 0 Å². The van der Waals surface area contributed by atoms with Crippen molar-refractivity contribution in [2.45, 2.75) is 26.2 Å². The molecule has 6 nitrogen and oxygen atoms in total. The summed E-state index contributed by atoms with van der Waals surface area (Å²) in [5, 5.41) is 1.84. The molecule has 100 valence electrons. The summed E-state index contributed by atoms with van der Waals surface area (Å²) in [6.45, 7) is 5.11. The topological polar surface area (TPSA) is 91.5 Å². The molecular formula is C11H16N2O4S. The number of hydrogen-bond acceptors (Lipinski definition) is 7. The van der Waals surface area contributed by atoms with Gasteiger partial charge >= 0.3 is 11.9 Å². The summed E-state index contributed by atoms with van der Waals surface area (Å²) in [6, 6.07) is 0. The summed E-state index contributed by atoms with van der Waals surface area (Å²) in [6.07, 6.45) is 0. The average Bonchev–Trinajstić information content (AvgIpc) is 2.75. The molecule has 1 heterocycles. The number of thiazole rings is 1. The first-order valence-electron chi connectivity index (χ1n) is 5.52. The molecule has 1 aromatic rings. The molecule has 0 saturated heterocycles. The maximum atomic E-state index is 12.0. The Hall–Kier alpha value is -1.63. The van der Waals surface area contributed by atoms with Crippen molar-refractivity contribution < 1.29 is 19.1 Å². The summed E-state index contributed by atoms with van der Waals surface area (Å²) in [5.74, 6) is -1.37. The van der Waals surface area contributed by atoms with Gasteiger partial charge in [-0.05, 0) is 20.8 Å². The number of carbonyl (C=O) groups is 2. The lowest BCUT2D eigenvalue weighted by atomic mass is 9.87. The van der Waals surface area contributed by atoms with E-state index < -0.39 is 17.4 Å². The second-order valence-electron chi connectivity index (χ2n) is 3.64. The van der Waals surface area contributed by atoms with Crippen LogP contribution in [-0.4, -0.2) is 30.1 Å². The number of nitrogen functional groups attached to an aromatic ring is 1. The molecule has 0 radical (unpaired) electrons. The van der Waals surface area contributed by atoms with E-state index in [1.165, 1.54) is 6.92 Å². The smallest absolute Gasteiger partial charge is 0.329 e. The highest BCUT2D eigenvalue weighted by atomic mass is 32.1. The van der Waals surface area contributed by atoms with Crippen LogP contribution in [0.5, 0.6) is 0 Å². The van der Waals surface area contributed by atoms with Gasteiger partial charge in [0, 0.05) is 5.38 Å². The second-order valence-corrected chi connectivity index (χ2v) is 4.53. The van der Waals surface area contributed by atoms with Gasteiger partial charge in [0.25, 0.3) is 0 Å². The predicted octanol–water partition coefficient (Wildman–Crippen LogP) is 1.11. The number of rotatable bonds is 5. The third-order valence-electron chi connectivity index (χ3n) is 2.40. The fourth-order valence-corrected chi connectivity index (χ4v) is 2.03. The van der Waals surface area contributed by atoms with Gasteiger partial charge in [0.15, 0.2) is 5.13 Å². The molecule has 0 saturated carbocycles. The maximum Gasteiger partial charge on any atom is 0.329 e. The van der Waals surface area contributed by atoms with Gasteiger partial charge in [-0.15, -0.1) is 11.3 Å². The van der Waals surface area contributed by atoms with E-state index in [9.17, 15) is 9.59 Å². The zero-order chi connectivity index (χ0) is 13.8. The van der Waals surface area contributed by atoms with E-state index in [0.717, 1.165) is 11.3 Å². The molecule has 0 fully saturated rings. The van der Waals surface area contributed by atoms with E-state index in [1.807, 2.05) is 0 Å². The van der Waals surface area contributed by atoms with Crippen molar-refractivity contribution in [1.82, 2.24) is 4.98 Å². The molecule has 0 unspecified atom stereocenters. The lowest BCUT2D eigenvalue weighted by Gasteiger charge is -2.22. The molecule has 0 atom stereocenters. The molecule has 0 bridgehead atoms. The summed E-state index contributed by atoms with van der Waals surface area (Å²) in [7, 11) is 0. The first-order valence-corrected chi connectivity index (χ1v) is 6.40. The van der Waals surface area contributed by atoms with Crippen LogP contribution in [-0.2, 0) is 24.5 Å². The number of aromatic nitrogens is 1. The summed E-state index contributed by atoms with van der Waals surface area (Å²) in [5.41, 5.74) is 4.21. The molecule has 1 aromatic heterocycles. The minimum absolute atomic E-state index is 0.174. The minimum atomic E-state index is -1.57. The normalized spacial score (nSPS) is 11.1. The Labute approximate surface area is 109 Å². The largest absolute Gasteiger partial charge is 0.465 e. The number of nitrogens with zero attached hydrogens (tertiary/aromatic N) is 1. The Bertz CT molecular complexity index is 426. The summed E-state index contributed by atoms with van der Waals surface area (Å²) < 4.78 is 9.84. The number of esters is 2. The Kier molecular flexibility index (Phi) is 4.66. The molecule has 0 aliphatic rings. The fraction of sp³-hybridized carbons (Fsp3) is 0.545. The molecule has 0 spiro atoms. The van der Waals surface area contributed by atoms with E-state index in [4.69, 9.17) is 15.2 Å². The van der Waals surface area contributed by atoms with Crippen molar-refractivity contribution in [3.05, 3.63) is 11.1 Å². The van der Waals surface area contributed by atoms with Crippen LogP contribution in [0, 0.1) is 0 Å². The Morgan fingerprint density at radius 2 is 1.83 bits per heavy atom. The first kappa shape index (κ1) is 14.4. The summed E-state index contributed by atoms with van der Waals surface area (Å²) in [4.78, 5) is 28.0. The standard InChI is InChI=1S/C11H16N2O4S/c1-4-16-8(14)11(3,9(15)17-5-2)7-6-18-10(12)13-7/h6H,4-5H2,1-3H3,(H2,12,13). The number of ether oxygens (including phenoxy) is 2. The molecule has 7 heteroatoms. The van der Waals surface area contributed by atoms with Crippen LogP contribution in [0.1, 0.15) is 26.5 Å². The molecule has 0 aliphatic heterocycles. The average molecular weight is 272 g/mol. The van der Waals surface area contributed by atoms with E-state index >= 15 is 0 Å². The highest BCUT2D eigenvalue weighted by Crippen LogP contribution is 2.29. The van der Waals surface area contributed by atoms with Crippen molar-refractivity contribution >= 4 is 28.4 Å². The van der Waals surface area contributed by atoms with Crippen LogP contribution in [0.3, 0.4) is 0 Å². The van der Waals surface area contributed by atoms with Crippen LogP contribution in [0.25, 0.3) is 0 Å². The third-order valence-corrected chi connectivity index (χ3v) is 3.08. The van der Waals surface area contributed by atoms with Crippen molar-refractivity contribution in [2.75, 3.05) is 18.9 Å². The van der Waals surface area contributed by atoms with Gasteiger partial charge in [0.2, 0.25) is 5.41 Å². The molecule has 2 N–H and O–H groups in total. The number of hydrogen-bond donors (Lipinski definition) is 1. The van der Waals surface area contributed by atoms with E-state index in [1.54, 1.807) is 19.2 Å². The van der Waals surface area contributed by atoms with Crippen molar-refractivity contribution in [2.24, 2.45) is 0 Å². The fourth-order valence-electron chi connectivity index (χ4n) is 1.36. The molecule has 18 heavy (non-hydrogen) atoms. The van der Waals surface area contributed by atoms with E-state index in [0.29, 0.717) is 0 Å². The van der Waals surface area contributed by atoms with Gasteiger partial charge in [-0.3, -0.25) is 9.59 Å². The van der Waals surface area contributed by atoms with Gasteiger partial charge in [0.05, 0.1) is 18.9 Å². The zero-order valence-electron chi connectivity index (χ0n) is 10.6. The molecule has 0 aliphatic carbocycles. The first-order chi connectivity index (χ1) is 8.46. The molecule has 1 rings (SSSR count). The van der Waals surface area contributed by atoms with Gasteiger partial charge in [-0.25, -0.2) is 4.98 Å². The van der Waals surface area contributed by atoms with Crippen LogP contribution >= 0.6 is 11.3 Å². The Balaban J connectivity index is 3.16. The molecular weight excluding hydrogens is 256 g/mol. The van der Waals surface area contributed by atoms with Crippen molar-refractivity contribution in [3.8, 4) is 0 Å².